The second kappa shape index (κ2) is 11.2. The van der Waals surface area contributed by atoms with Gasteiger partial charge in [0.2, 0.25) is 5.91 Å². The van der Waals surface area contributed by atoms with Gasteiger partial charge in [0.05, 0.1) is 6.04 Å². The molecule has 0 aliphatic carbocycles. The van der Waals surface area contributed by atoms with E-state index in [1.807, 2.05) is 38.1 Å². The quantitative estimate of drug-likeness (QED) is 0.591. The Morgan fingerprint density at radius 2 is 1.46 bits per heavy atom. The van der Waals surface area contributed by atoms with Crippen LogP contribution in [0.5, 0.6) is 0 Å². The fourth-order valence-corrected chi connectivity index (χ4v) is 1.84. The standard InChI is InChI=1S/C15H24N2O.C2H2O4/c1-5-13(6-2)16-12(4)15(18)17-14-9-7-11(3)8-10-14;3-1(4)2(5)6/h7-10,12-13,16H,5-6H2,1-4H3,(H,17,18);(H,3,4)(H,5,6). The Bertz CT molecular complexity index is 526. The van der Waals surface area contributed by atoms with Gasteiger partial charge >= 0.3 is 11.9 Å². The smallest absolute Gasteiger partial charge is 0.414 e. The molecule has 1 amide bonds. The maximum absolute atomic E-state index is 12.0. The molecule has 0 aliphatic heterocycles. The lowest BCUT2D eigenvalue weighted by Crippen LogP contribution is -2.43. The lowest BCUT2D eigenvalue weighted by atomic mass is 10.1. The fraction of sp³-hybridized carbons (Fsp3) is 0.471. The molecule has 0 heterocycles. The number of hydrogen-bond acceptors (Lipinski definition) is 4. The van der Waals surface area contributed by atoms with E-state index in [1.165, 1.54) is 5.56 Å². The van der Waals surface area contributed by atoms with Gasteiger partial charge in [-0.15, -0.1) is 0 Å². The number of benzene rings is 1. The predicted octanol–water partition coefficient (Wildman–Crippen LogP) is 2.26. The molecule has 0 aromatic heterocycles. The van der Waals surface area contributed by atoms with Gasteiger partial charge < -0.3 is 20.8 Å². The van der Waals surface area contributed by atoms with E-state index in [9.17, 15) is 4.79 Å². The first kappa shape index (κ1) is 21.6. The molecular formula is C17H26N2O5. The van der Waals surface area contributed by atoms with Crippen LogP contribution in [0.15, 0.2) is 24.3 Å². The summed E-state index contributed by atoms with van der Waals surface area (Å²) in [5.74, 6) is -3.63. The third kappa shape index (κ3) is 8.89. The van der Waals surface area contributed by atoms with Crippen LogP contribution in [0.1, 0.15) is 39.2 Å². The summed E-state index contributed by atoms with van der Waals surface area (Å²) in [6.45, 7) is 8.20. The lowest BCUT2D eigenvalue weighted by molar-refractivity contribution is -0.159. The summed E-state index contributed by atoms with van der Waals surface area (Å²) in [5, 5.41) is 21.0. The second-order valence-electron chi connectivity index (χ2n) is 5.37. The number of carbonyl (C=O) groups excluding carboxylic acids is 1. The summed E-state index contributed by atoms with van der Waals surface area (Å²) >= 11 is 0. The van der Waals surface area contributed by atoms with E-state index in [0.717, 1.165) is 18.5 Å². The van der Waals surface area contributed by atoms with Crippen molar-refractivity contribution in [1.29, 1.82) is 0 Å². The molecule has 0 radical (unpaired) electrons. The Labute approximate surface area is 142 Å². The van der Waals surface area contributed by atoms with Crippen LogP contribution in [0.2, 0.25) is 0 Å². The number of amides is 1. The van der Waals surface area contributed by atoms with Crippen LogP contribution in [0, 0.1) is 6.92 Å². The highest BCUT2D eigenvalue weighted by molar-refractivity contribution is 6.27. The van der Waals surface area contributed by atoms with Gasteiger partial charge in [-0.2, -0.15) is 0 Å². The molecule has 0 fully saturated rings. The van der Waals surface area contributed by atoms with Crippen LogP contribution in [0.3, 0.4) is 0 Å². The predicted molar refractivity (Wildman–Crippen MR) is 92.0 cm³/mol. The molecular weight excluding hydrogens is 312 g/mol. The van der Waals surface area contributed by atoms with E-state index in [2.05, 4.69) is 24.5 Å². The molecule has 1 unspecified atom stereocenters. The summed E-state index contributed by atoms with van der Waals surface area (Å²) in [7, 11) is 0. The van der Waals surface area contributed by atoms with Gasteiger partial charge in [-0.3, -0.25) is 4.79 Å². The molecule has 4 N–H and O–H groups in total. The number of carboxylic acids is 2. The maximum Gasteiger partial charge on any atom is 0.414 e. The number of rotatable bonds is 6. The number of anilines is 1. The van der Waals surface area contributed by atoms with E-state index >= 15 is 0 Å². The van der Waals surface area contributed by atoms with Crippen molar-refractivity contribution in [2.45, 2.75) is 52.6 Å². The molecule has 134 valence electrons. The monoisotopic (exact) mass is 338 g/mol. The number of aliphatic carboxylic acids is 2. The summed E-state index contributed by atoms with van der Waals surface area (Å²) in [6, 6.07) is 8.08. The minimum Gasteiger partial charge on any atom is -0.473 e. The van der Waals surface area contributed by atoms with Crippen LogP contribution in [0.4, 0.5) is 5.69 Å². The van der Waals surface area contributed by atoms with Crippen molar-refractivity contribution >= 4 is 23.5 Å². The molecule has 7 heteroatoms. The Morgan fingerprint density at radius 1 is 1.00 bits per heavy atom. The first-order valence-corrected chi connectivity index (χ1v) is 7.81. The molecule has 0 aliphatic rings. The zero-order valence-corrected chi connectivity index (χ0v) is 14.5. The van der Waals surface area contributed by atoms with Crippen molar-refractivity contribution in [3.8, 4) is 0 Å². The highest BCUT2D eigenvalue weighted by atomic mass is 16.4. The van der Waals surface area contributed by atoms with Crippen LogP contribution < -0.4 is 10.6 Å². The molecule has 1 atom stereocenters. The summed E-state index contributed by atoms with van der Waals surface area (Å²) < 4.78 is 0. The SMILES string of the molecule is CCC(CC)NC(C)C(=O)Nc1ccc(C)cc1.O=C(O)C(=O)O. The molecule has 1 rings (SSSR count). The van der Waals surface area contributed by atoms with Crippen LogP contribution in [0.25, 0.3) is 0 Å². The van der Waals surface area contributed by atoms with E-state index < -0.39 is 11.9 Å². The Kier molecular flexibility index (Phi) is 10.1. The molecule has 1 aromatic rings. The largest absolute Gasteiger partial charge is 0.473 e. The summed E-state index contributed by atoms with van der Waals surface area (Å²) in [6.07, 6.45) is 2.08. The molecule has 0 saturated heterocycles. The van der Waals surface area contributed by atoms with Gasteiger partial charge in [0.25, 0.3) is 0 Å². The molecule has 24 heavy (non-hydrogen) atoms. The Hall–Kier alpha value is -2.41. The molecule has 7 nitrogen and oxygen atoms in total. The van der Waals surface area contributed by atoms with Crippen LogP contribution >= 0.6 is 0 Å². The first-order valence-electron chi connectivity index (χ1n) is 7.81. The third-order valence-corrected chi connectivity index (χ3v) is 3.37. The number of aryl methyl sites for hydroxylation is 1. The summed E-state index contributed by atoms with van der Waals surface area (Å²) in [4.78, 5) is 30.2. The zero-order chi connectivity index (χ0) is 18.7. The Balaban J connectivity index is 0.000000754. The van der Waals surface area contributed by atoms with Crippen molar-refractivity contribution in [2.24, 2.45) is 0 Å². The first-order chi connectivity index (χ1) is 11.2. The normalized spacial score (nSPS) is 11.2. The number of carbonyl (C=O) groups is 3. The highest BCUT2D eigenvalue weighted by Gasteiger charge is 2.15. The van der Waals surface area contributed by atoms with Gasteiger partial charge in [-0.1, -0.05) is 31.5 Å². The topological polar surface area (TPSA) is 116 Å². The highest BCUT2D eigenvalue weighted by Crippen LogP contribution is 2.09. The van der Waals surface area contributed by atoms with E-state index in [-0.39, 0.29) is 11.9 Å². The maximum atomic E-state index is 12.0. The van der Waals surface area contributed by atoms with Gasteiger partial charge in [0, 0.05) is 11.7 Å². The van der Waals surface area contributed by atoms with E-state index in [1.54, 1.807) is 0 Å². The molecule has 0 saturated carbocycles. The Morgan fingerprint density at radius 3 is 1.83 bits per heavy atom. The van der Waals surface area contributed by atoms with Crippen molar-refractivity contribution in [3.05, 3.63) is 29.8 Å². The minimum atomic E-state index is -1.82. The lowest BCUT2D eigenvalue weighted by Gasteiger charge is -2.20. The fourth-order valence-electron chi connectivity index (χ4n) is 1.84. The van der Waals surface area contributed by atoms with Gasteiger partial charge in [-0.05, 0) is 38.8 Å². The van der Waals surface area contributed by atoms with Gasteiger partial charge in [-0.25, -0.2) is 9.59 Å². The van der Waals surface area contributed by atoms with Gasteiger partial charge in [0.15, 0.2) is 0 Å². The van der Waals surface area contributed by atoms with Crippen molar-refractivity contribution < 1.29 is 24.6 Å². The molecule has 1 aromatic carbocycles. The van der Waals surface area contributed by atoms with Crippen molar-refractivity contribution in [2.75, 3.05) is 5.32 Å². The molecule has 0 bridgehead atoms. The zero-order valence-electron chi connectivity index (χ0n) is 14.5. The van der Waals surface area contributed by atoms with E-state index in [4.69, 9.17) is 19.8 Å². The van der Waals surface area contributed by atoms with Crippen molar-refractivity contribution in [3.63, 3.8) is 0 Å². The van der Waals surface area contributed by atoms with Gasteiger partial charge in [0.1, 0.15) is 0 Å². The third-order valence-electron chi connectivity index (χ3n) is 3.37. The summed E-state index contributed by atoms with van der Waals surface area (Å²) in [5.41, 5.74) is 2.04. The second-order valence-corrected chi connectivity index (χ2v) is 5.37. The number of hydrogen-bond donors (Lipinski definition) is 4. The van der Waals surface area contributed by atoms with Crippen LogP contribution in [-0.4, -0.2) is 40.1 Å². The van der Waals surface area contributed by atoms with Crippen LogP contribution in [-0.2, 0) is 14.4 Å². The number of nitrogens with one attached hydrogen (secondary N) is 2. The minimum absolute atomic E-state index is 0.0192. The number of carboxylic acid groups (broad SMARTS) is 2. The molecule has 0 spiro atoms. The average Bonchev–Trinajstić information content (AvgIpc) is 2.54. The van der Waals surface area contributed by atoms with Crippen molar-refractivity contribution in [1.82, 2.24) is 5.32 Å². The van der Waals surface area contributed by atoms with E-state index in [0.29, 0.717) is 6.04 Å². The average molecular weight is 338 g/mol.